The van der Waals surface area contributed by atoms with E-state index in [9.17, 15) is 18.5 Å². The average Bonchev–Trinajstić information content (AvgIpc) is 2.16. The Hall–Kier alpha value is -1.47. The van der Waals surface area contributed by atoms with E-state index in [0.717, 1.165) is 18.2 Å². The van der Waals surface area contributed by atoms with Gasteiger partial charge in [-0.2, -0.15) is 8.42 Å². The van der Waals surface area contributed by atoms with Gasteiger partial charge in [0, 0.05) is 19.3 Å². The van der Waals surface area contributed by atoms with Crippen LogP contribution in [0.4, 0.5) is 0 Å². The fraction of sp³-hybridized carbons (Fsp3) is 0.286. The topological polar surface area (TPSA) is 86.5 Å². The second kappa shape index (κ2) is 4.16. The van der Waals surface area contributed by atoms with Crippen LogP contribution in [0.3, 0.4) is 0 Å². The Morgan fingerprint density at radius 2 is 2.14 bits per heavy atom. The van der Waals surface area contributed by atoms with Gasteiger partial charge in [-0.3, -0.25) is 10.1 Å². The lowest BCUT2D eigenvalue weighted by atomic mass is 10.1. The van der Waals surface area contributed by atoms with Crippen molar-refractivity contribution in [3.8, 4) is 0 Å². The first-order valence-electron chi connectivity index (χ1n) is 3.59. The molecule has 1 atom stereocenters. The Kier molecular flexibility index (Phi) is 3.15. The number of hydrogen-bond acceptors (Lipinski definition) is 5. The number of ether oxygens (including phenoxy) is 1. The van der Waals surface area contributed by atoms with Gasteiger partial charge in [-0.25, -0.2) is 0 Å². The second-order valence-corrected chi connectivity index (χ2v) is 3.42. The van der Waals surface area contributed by atoms with Gasteiger partial charge in [0.15, 0.2) is 0 Å². The minimum atomic E-state index is -2.42. The van der Waals surface area contributed by atoms with Crippen LogP contribution in [0, 0.1) is 10.1 Å². The quantitative estimate of drug-likeness (QED) is 0.362. The van der Waals surface area contributed by atoms with E-state index in [1.165, 1.54) is 7.11 Å². The number of nitro groups is 1. The highest BCUT2D eigenvalue weighted by atomic mass is 32.2. The number of rotatable bonds is 2. The number of hydrogen-bond donors (Lipinski definition) is 0. The fourth-order valence-electron chi connectivity index (χ4n) is 1.01. The molecule has 0 aromatic heterocycles. The Labute approximate surface area is 81.2 Å². The van der Waals surface area contributed by atoms with E-state index < -0.39 is 21.3 Å². The molecule has 14 heavy (non-hydrogen) atoms. The molecular formula is C7H7NO5S. The molecule has 0 aromatic carbocycles. The van der Waals surface area contributed by atoms with Gasteiger partial charge in [-0.05, 0) is 6.08 Å². The standard InChI is InChI=1S/C7H7NO5S/c1-13-6-4-5(8(9)10)2-3-7(6)14(11)12/h2-4,6H,1H3. The number of allylic oxidation sites excluding steroid dienone is 1. The van der Waals surface area contributed by atoms with Crippen molar-refractivity contribution in [1.82, 2.24) is 0 Å². The highest BCUT2D eigenvalue weighted by Crippen LogP contribution is 2.11. The van der Waals surface area contributed by atoms with Crippen LogP contribution < -0.4 is 0 Å². The Morgan fingerprint density at radius 3 is 2.57 bits per heavy atom. The van der Waals surface area contributed by atoms with Crippen LogP contribution in [-0.2, 0) is 15.0 Å². The minimum Gasteiger partial charge on any atom is -0.371 e. The van der Waals surface area contributed by atoms with E-state index in [2.05, 4.69) is 0 Å². The van der Waals surface area contributed by atoms with Gasteiger partial charge < -0.3 is 4.74 Å². The molecule has 0 bridgehead atoms. The summed E-state index contributed by atoms with van der Waals surface area (Å²) >= 11 is 0. The summed E-state index contributed by atoms with van der Waals surface area (Å²) in [5, 5.41) is 10.4. The molecule has 1 unspecified atom stereocenters. The van der Waals surface area contributed by atoms with Crippen LogP contribution in [0.5, 0.6) is 0 Å². The van der Waals surface area contributed by atoms with Crippen LogP contribution in [0.25, 0.3) is 0 Å². The predicted octanol–water partition coefficient (Wildman–Crippen LogP) is -0.217. The largest absolute Gasteiger partial charge is 0.371 e. The lowest BCUT2D eigenvalue weighted by molar-refractivity contribution is -0.419. The molecule has 6 nitrogen and oxygen atoms in total. The molecule has 0 saturated heterocycles. The number of nitrogens with zero attached hydrogens (tertiary/aromatic N) is 1. The predicted molar refractivity (Wildman–Crippen MR) is 48.9 cm³/mol. The van der Waals surface area contributed by atoms with E-state index in [1.807, 2.05) is 0 Å². The zero-order valence-corrected chi connectivity index (χ0v) is 8.02. The summed E-state index contributed by atoms with van der Waals surface area (Å²) in [6.07, 6.45) is 2.56. The lowest BCUT2D eigenvalue weighted by Gasteiger charge is -2.11. The fourth-order valence-corrected chi connectivity index (χ4v) is 1.54. The van der Waals surface area contributed by atoms with E-state index in [1.54, 1.807) is 0 Å². The molecule has 0 aliphatic heterocycles. The minimum absolute atomic E-state index is 0.0156. The van der Waals surface area contributed by atoms with Crippen molar-refractivity contribution < 1.29 is 18.1 Å². The molecule has 0 aromatic rings. The first kappa shape index (κ1) is 10.6. The maximum absolute atomic E-state index is 10.6. The lowest BCUT2D eigenvalue weighted by Crippen LogP contribution is -2.23. The maximum Gasteiger partial charge on any atom is 0.268 e. The third-order valence-corrected chi connectivity index (χ3v) is 2.43. The molecule has 0 N–H and O–H groups in total. The van der Waals surface area contributed by atoms with Crippen molar-refractivity contribution in [3.05, 3.63) is 34.0 Å². The van der Waals surface area contributed by atoms with Gasteiger partial charge >= 0.3 is 0 Å². The normalized spacial score (nSPS) is 20.5. The van der Waals surface area contributed by atoms with Gasteiger partial charge in [0.25, 0.3) is 5.70 Å². The summed E-state index contributed by atoms with van der Waals surface area (Å²) < 4.78 is 26.0. The van der Waals surface area contributed by atoms with Crippen molar-refractivity contribution in [2.75, 3.05) is 7.11 Å². The highest BCUT2D eigenvalue weighted by molar-refractivity contribution is 7.73. The number of methoxy groups -OCH3 is 1. The van der Waals surface area contributed by atoms with E-state index >= 15 is 0 Å². The van der Waals surface area contributed by atoms with E-state index in [-0.39, 0.29) is 10.6 Å². The molecule has 0 heterocycles. The Morgan fingerprint density at radius 1 is 1.50 bits per heavy atom. The van der Waals surface area contributed by atoms with Crippen LogP contribution >= 0.6 is 0 Å². The molecular weight excluding hydrogens is 210 g/mol. The Balaban J connectivity index is 3.16. The summed E-state index contributed by atoms with van der Waals surface area (Å²) in [7, 11) is -1.14. The first-order valence-corrected chi connectivity index (χ1v) is 4.67. The molecule has 76 valence electrons. The molecule has 0 fully saturated rings. The highest BCUT2D eigenvalue weighted by Gasteiger charge is 2.21. The Bertz CT molecular complexity index is 437. The second-order valence-electron chi connectivity index (χ2n) is 2.48. The van der Waals surface area contributed by atoms with Gasteiger partial charge in [0.1, 0.15) is 11.0 Å². The molecule has 1 aliphatic carbocycles. The molecule has 1 rings (SSSR count). The van der Waals surface area contributed by atoms with E-state index in [4.69, 9.17) is 4.74 Å². The van der Waals surface area contributed by atoms with Crippen molar-refractivity contribution in [1.29, 1.82) is 0 Å². The smallest absolute Gasteiger partial charge is 0.268 e. The van der Waals surface area contributed by atoms with Gasteiger partial charge in [-0.15, -0.1) is 0 Å². The molecule has 7 heteroatoms. The summed E-state index contributed by atoms with van der Waals surface area (Å²) in [5.41, 5.74) is -0.175. The van der Waals surface area contributed by atoms with Crippen LogP contribution in [0.15, 0.2) is 23.9 Å². The van der Waals surface area contributed by atoms with Crippen molar-refractivity contribution in [3.63, 3.8) is 0 Å². The third-order valence-electron chi connectivity index (χ3n) is 1.68. The molecule has 0 saturated carbocycles. The zero-order chi connectivity index (χ0) is 10.7. The SMILES string of the molecule is COC1C=C([N+](=O)[O-])C=CC1=S(=O)=O. The summed E-state index contributed by atoms with van der Waals surface area (Å²) in [5.74, 6) is 0. The maximum atomic E-state index is 10.6. The summed E-state index contributed by atoms with van der Waals surface area (Å²) in [6, 6.07) is 0. The summed E-state index contributed by atoms with van der Waals surface area (Å²) in [4.78, 5) is 9.74. The zero-order valence-electron chi connectivity index (χ0n) is 7.21. The van der Waals surface area contributed by atoms with Crippen LogP contribution in [0.1, 0.15) is 0 Å². The van der Waals surface area contributed by atoms with Gasteiger partial charge in [-0.1, -0.05) is 0 Å². The molecule has 0 spiro atoms. The van der Waals surface area contributed by atoms with Gasteiger partial charge in [0.2, 0.25) is 10.3 Å². The summed E-state index contributed by atoms with van der Waals surface area (Å²) in [6.45, 7) is 0. The average molecular weight is 217 g/mol. The van der Waals surface area contributed by atoms with Crippen molar-refractivity contribution >= 4 is 15.2 Å². The first-order chi connectivity index (χ1) is 6.56. The van der Waals surface area contributed by atoms with Gasteiger partial charge in [0.05, 0.1) is 4.92 Å². The van der Waals surface area contributed by atoms with Crippen molar-refractivity contribution in [2.45, 2.75) is 6.10 Å². The monoisotopic (exact) mass is 217 g/mol. The van der Waals surface area contributed by atoms with Crippen LogP contribution in [-0.4, -0.2) is 31.4 Å². The molecule has 1 aliphatic rings. The van der Waals surface area contributed by atoms with Crippen molar-refractivity contribution in [2.24, 2.45) is 0 Å². The third kappa shape index (κ3) is 2.06. The molecule has 0 amide bonds. The molecule has 0 radical (unpaired) electrons. The van der Waals surface area contributed by atoms with E-state index in [0.29, 0.717) is 0 Å². The van der Waals surface area contributed by atoms with Crippen LogP contribution in [0.2, 0.25) is 0 Å².